The van der Waals surface area contributed by atoms with Gasteiger partial charge in [-0.2, -0.15) is 0 Å². The van der Waals surface area contributed by atoms with E-state index in [9.17, 15) is 4.79 Å². The van der Waals surface area contributed by atoms with Crippen molar-refractivity contribution in [2.24, 2.45) is 0 Å². The van der Waals surface area contributed by atoms with Crippen molar-refractivity contribution in [3.63, 3.8) is 0 Å². The Hall–Kier alpha value is -1.81. The highest BCUT2D eigenvalue weighted by atomic mass is 16.5. The van der Waals surface area contributed by atoms with E-state index < -0.39 is 0 Å². The fourth-order valence-corrected chi connectivity index (χ4v) is 3.59. The van der Waals surface area contributed by atoms with Gasteiger partial charge in [0.1, 0.15) is 5.75 Å². The van der Waals surface area contributed by atoms with Crippen LogP contribution in [0, 0.1) is 0 Å². The second kappa shape index (κ2) is 6.75. The van der Waals surface area contributed by atoms with E-state index in [0.717, 1.165) is 38.2 Å². The van der Waals surface area contributed by atoms with E-state index in [2.05, 4.69) is 37.0 Å². The van der Waals surface area contributed by atoms with E-state index in [0.29, 0.717) is 11.9 Å². The van der Waals surface area contributed by atoms with Gasteiger partial charge < -0.3 is 9.64 Å². The van der Waals surface area contributed by atoms with E-state index in [-0.39, 0.29) is 6.04 Å². The summed E-state index contributed by atoms with van der Waals surface area (Å²) < 4.78 is 5.31. The molecule has 2 heterocycles. The summed E-state index contributed by atoms with van der Waals surface area (Å²) in [5, 5.41) is 0. The number of nitrogens with zero attached hydrogens (tertiary/aromatic N) is 2. The largest absolute Gasteiger partial charge is 0.497 e. The first-order chi connectivity index (χ1) is 11.1. The molecule has 1 aromatic carbocycles. The average Bonchev–Trinajstić information content (AvgIpc) is 2.97. The summed E-state index contributed by atoms with van der Waals surface area (Å²) in [6.45, 7) is 6.89. The van der Waals surface area contributed by atoms with Crippen LogP contribution in [0.2, 0.25) is 0 Å². The summed E-state index contributed by atoms with van der Waals surface area (Å²) in [5.41, 5.74) is 2.58. The second-order valence-corrected chi connectivity index (χ2v) is 6.64. The molecule has 2 aliphatic rings. The maximum absolute atomic E-state index is 12.5. The van der Waals surface area contributed by atoms with Gasteiger partial charge in [0.05, 0.1) is 13.2 Å². The van der Waals surface area contributed by atoms with Gasteiger partial charge in [-0.05, 0) is 50.0 Å². The standard InChI is InChI=1S/C19H26N2O2/c1-14(2)21-12-9-18(19(21)22)20-10-7-15(8-11-20)16-5-4-6-17(13-16)23-3/h4-7,13-14,18H,8-12H2,1-3H3/t18-/m0/s1. The topological polar surface area (TPSA) is 32.8 Å². The average molecular weight is 314 g/mol. The Morgan fingerprint density at radius 1 is 1.26 bits per heavy atom. The molecule has 1 atom stereocenters. The Kier molecular flexibility index (Phi) is 4.71. The van der Waals surface area contributed by atoms with Gasteiger partial charge in [0.2, 0.25) is 5.91 Å². The Bertz CT molecular complexity index is 609. The van der Waals surface area contributed by atoms with Crippen LogP contribution in [-0.2, 0) is 4.79 Å². The highest BCUT2D eigenvalue weighted by Crippen LogP contribution is 2.28. The van der Waals surface area contributed by atoms with Crippen molar-refractivity contribution in [1.29, 1.82) is 0 Å². The van der Waals surface area contributed by atoms with Crippen LogP contribution in [-0.4, -0.2) is 54.5 Å². The molecule has 0 bridgehead atoms. The number of hydrogen-bond acceptors (Lipinski definition) is 3. The van der Waals surface area contributed by atoms with Crippen LogP contribution in [0.25, 0.3) is 5.57 Å². The molecular weight excluding hydrogens is 288 g/mol. The van der Waals surface area contributed by atoms with E-state index in [1.807, 2.05) is 17.0 Å². The fraction of sp³-hybridized carbons (Fsp3) is 0.526. The van der Waals surface area contributed by atoms with Gasteiger partial charge in [-0.15, -0.1) is 0 Å². The molecule has 0 radical (unpaired) electrons. The Morgan fingerprint density at radius 2 is 2.09 bits per heavy atom. The van der Waals surface area contributed by atoms with Crippen molar-refractivity contribution < 1.29 is 9.53 Å². The van der Waals surface area contributed by atoms with Gasteiger partial charge in [-0.1, -0.05) is 18.2 Å². The molecule has 0 N–H and O–H groups in total. The molecule has 3 rings (SSSR count). The van der Waals surface area contributed by atoms with E-state index >= 15 is 0 Å². The summed E-state index contributed by atoms with van der Waals surface area (Å²) >= 11 is 0. The molecule has 0 aromatic heterocycles. The van der Waals surface area contributed by atoms with Gasteiger partial charge in [0.15, 0.2) is 0 Å². The number of amides is 1. The molecule has 4 nitrogen and oxygen atoms in total. The lowest BCUT2D eigenvalue weighted by Gasteiger charge is -2.31. The number of methoxy groups -OCH3 is 1. The van der Waals surface area contributed by atoms with Crippen LogP contribution in [0.4, 0.5) is 0 Å². The number of benzene rings is 1. The molecule has 124 valence electrons. The van der Waals surface area contributed by atoms with Crippen molar-refractivity contribution in [3.05, 3.63) is 35.9 Å². The lowest BCUT2D eigenvalue weighted by atomic mass is 9.98. The van der Waals surface area contributed by atoms with Crippen molar-refractivity contribution in [3.8, 4) is 5.75 Å². The molecule has 1 amide bonds. The third-order valence-electron chi connectivity index (χ3n) is 4.96. The SMILES string of the molecule is COc1cccc(C2=CCN([C@H]3CCN(C(C)C)C3=O)CC2)c1. The van der Waals surface area contributed by atoms with Crippen LogP contribution in [0.5, 0.6) is 5.75 Å². The van der Waals surface area contributed by atoms with E-state index in [1.54, 1.807) is 7.11 Å². The summed E-state index contributed by atoms with van der Waals surface area (Å²) in [6, 6.07) is 8.59. The van der Waals surface area contributed by atoms with Crippen LogP contribution in [0.1, 0.15) is 32.3 Å². The summed E-state index contributed by atoms with van der Waals surface area (Å²) in [7, 11) is 1.70. The Balaban J connectivity index is 1.68. The molecule has 0 spiro atoms. The monoisotopic (exact) mass is 314 g/mol. The Labute approximate surface area is 138 Å². The molecule has 1 saturated heterocycles. The maximum Gasteiger partial charge on any atom is 0.240 e. The van der Waals surface area contributed by atoms with Crippen LogP contribution >= 0.6 is 0 Å². The van der Waals surface area contributed by atoms with Gasteiger partial charge in [-0.3, -0.25) is 9.69 Å². The molecule has 0 saturated carbocycles. The zero-order chi connectivity index (χ0) is 16.4. The van der Waals surface area contributed by atoms with Gasteiger partial charge in [0.25, 0.3) is 0 Å². The number of likely N-dealkylation sites (tertiary alicyclic amines) is 1. The fourth-order valence-electron chi connectivity index (χ4n) is 3.59. The molecule has 1 fully saturated rings. The van der Waals surface area contributed by atoms with Gasteiger partial charge >= 0.3 is 0 Å². The van der Waals surface area contributed by atoms with E-state index in [4.69, 9.17) is 4.74 Å². The van der Waals surface area contributed by atoms with Crippen molar-refractivity contribution in [2.75, 3.05) is 26.7 Å². The number of carbonyl (C=O) groups is 1. The number of rotatable bonds is 4. The first kappa shape index (κ1) is 16.1. The number of carbonyl (C=O) groups excluding carboxylic acids is 1. The third-order valence-corrected chi connectivity index (χ3v) is 4.96. The normalized spacial score (nSPS) is 22.6. The quantitative estimate of drug-likeness (QED) is 0.857. The van der Waals surface area contributed by atoms with Crippen LogP contribution in [0.15, 0.2) is 30.3 Å². The summed E-state index contributed by atoms with van der Waals surface area (Å²) in [5.74, 6) is 1.20. The summed E-state index contributed by atoms with van der Waals surface area (Å²) in [4.78, 5) is 16.9. The number of hydrogen-bond donors (Lipinski definition) is 0. The van der Waals surface area contributed by atoms with Crippen molar-refractivity contribution >= 4 is 11.5 Å². The van der Waals surface area contributed by atoms with Gasteiger partial charge in [0, 0.05) is 25.7 Å². The minimum Gasteiger partial charge on any atom is -0.497 e. The molecule has 1 aromatic rings. The van der Waals surface area contributed by atoms with Crippen molar-refractivity contribution in [1.82, 2.24) is 9.80 Å². The zero-order valence-electron chi connectivity index (χ0n) is 14.3. The van der Waals surface area contributed by atoms with Crippen LogP contribution < -0.4 is 4.74 Å². The van der Waals surface area contributed by atoms with E-state index in [1.165, 1.54) is 11.1 Å². The minimum atomic E-state index is 0.0699. The molecular formula is C19H26N2O2. The number of ether oxygens (including phenoxy) is 1. The molecule has 0 unspecified atom stereocenters. The lowest BCUT2D eigenvalue weighted by Crippen LogP contribution is -2.45. The first-order valence-electron chi connectivity index (χ1n) is 8.48. The molecule has 23 heavy (non-hydrogen) atoms. The maximum atomic E-state index is 12.5. The highest BCUT2D eigenvalue weighted by molar-refractivity contribution is 5.84. The van der Waals surface area contributed by atoms with Gasteiger partial charge in [-0.25, -0.2) is 0 Å². The molecule has 2 aliphatic heterocycles. The predicted octanol–water partition coefficient (Wildman–Crippen LogP) is 2.79. The van der Waals surface area contributed by atoms with Crippen molar-refractivity contribution in [2.45, 2.75) is 38.8 Å². The second-order valence-electron chi connectivity index (χ2n) is 6.64. The molecule has 4 heteroatoms. The Morgan fingerprint density at radius 3 is 2.70 bits per heavy atom. The lowest BCUT2D eigenvalue weighted by molar-refractivity contribution is -0.133. The highest BCUT2D eigenvalue weighted by Gasteiger charge is 2.37. The minimum absolute atomic E-state index is 0.0699. The zero-order valence-corrected chi connectivity index (χ0v) is 14.3. The smallest absolute Gasteiger partial charge is 0.240 e. The van der Waals surface area contributed by atoms with Crippen LogP contribution in [0.3, 0.4) is 0 Å². The third kappa shape index (κ3) is 3.27. The first-order valence-corrected chi connectivity index (χ1v) is 8.48. The summed E-state index contributed by atoms with van der Waals surface area (Å²) in [6.07, 6.45) is 4.21. The molecule has 0 aliphatic carbocycles. The predicted molar refractivity (Wildman–Crippen MR) is 92.4 cm³/mol.